The van der Waals surface area contributed by atoms with Crippen molar-refractivity contribution in [1.29, 1.82) is 0 Å². The highest BCUT2D eigenvalue weighted by Crippen LogP contribution is 2.49. The molecule has 1 unspecified atom stereocenters. The predicted octanol–water partition coefficient (Wildman–Crippen LogP) is 8.07. The summed E-state index contributed by atoms with van der Waals surface area (Å²) in [5.74, 6) is -3.35. The van der Waals surface area contributed by atoms with Gasteiger partial charge in [-0.05, 0) is 48.6 Å². The van der Waals surface area contributed by atoms with Crippen molar-refractivity contribution in [3.63, 3.8) is 0 Å². The van der Waals surface area contributed by atoms with E-state index in [1.54, 1.807) is 24.5 Å². The number of unbranched alkanes of at least 4 members (excludes halogenated alkanes) is 6. The van der Waals surface area contributed by atoms with Crippen LogP contribution in [0, 0.1) is 0 Å². The Morgan fingerprint density at radius 1 is 0.949 bits per heavy atom. The summed E-state index contributed by atoms with van der Waals surface area (Å²) >= 11 is 0. The molecule has 0 bridgehead atoms. The van der Waals surface area contributed by atoms with Crippen molar-refractivity contribution in [1.82, 2.24) is 4.98 Å². The van der Waals surface area contributed by atoms with Gasteiger partial charge in [0.15, 0.2) is 0 Å². The van der Waals surface area contributed by atoms with Crippen molar-refractivity contribution in [2.75, 3.05) is 18.1 Å². The molecule has 0 aliphatic carbocycles. The Morgan fingerprint density at radius 2 is 1.56 bits per heavy atom. The number of pyridine rings is 1. The summed E-state index contributed by atoms with van der Waals surface area (Å²) in [6.07, 6.45) is 4.02. The topological polar surface area (TPSA) is 59.4 Å². The number of hydrogen-bond donors (Lipinski definition) is 1. The van der Waals surface area contributed by atoms with Crippen molar-refractivity contribution >= 4 is 10.8 Å². The monoisotopic (exact) mass is 575 g/mol. The van der Waals surface area contributed by atoms with E-state index in [1.165, 1.54) is 5.56 Å². The molecule has 4 nitrogen and oxygen atoms in total. The van der Waals surface area contributed by atoms with Gasteiger partial charge in [-0.3, -0.25) is 9.19 Å². The van der Waals surface area contributed by atoms with E-state index in [0.29, 0.717) is 18.8 Å². The third-order valence-electron chi connectivity index (χ3n) is 7.65. The van der Waals surface area contributed by atoms with Crippen molar-refractivity contribution in [2.45, 2.75) is 94.6 Å². The second-order valence-corrected chi connectivity index (χ2v) is 12.3. The normalized spacial score (nSPS) is 20.3. The number of benzene rings is 1. The van der Waals surface area contributed by atoms with Crippen molar-refractivity contribution < 1.29 is 36.0 Å². The Balaban J connectivity index is 1.36. The quantitative estimate of drug-likeness (QED) is 0.172. The lowest BCUT2D eigenvalue weighted by molar-refractivity contribution is -0.284. The van der Waals surface area contributed by atoms with Crippen LogP contribution in [0.5, 0.6) is 11.5 Å². The molecule has 218 valence electrons. The molecule has 2 heterocycles. The van der Waals surface area contributed by atoms with E-state index in [9.17, 15) is 31.3 Å². The number of phenols is 1. The average molecular weight is 576 g/mol. The van der Waals surface area contributed by atoms with Crippen LogP contribution in [0.25, 0.3) is 0 Å². The molecule has 39 heavy (non-hydrogen) atoms. The lowest BCUT2D eigenvalue weighted by Gasteiger charge is -2.43. The summed E-state index contributed by atoms with van der Waals surface area (Å²) in [4.78, 5) is 4.15. The number of rotatable bonds is 15. The Hall–Kier alpha value is -2.23. The lowest BCUT2D eigenvalue weighted by atomic mass is 9.66. The molecule has 1 aromatic heterocycles. The molecule has 1 N–H and O–H groups in total. The van der Waals surface area contributed by atoms with Gasteiger partial charge in [-0.15, -0.1) is 0 Å². The van der Waals surface area contributed by atoms with E-state index in [1.807, 2.05) is 18.2 Å². The predicted molar refractivity (Wildman–Crippen MR) is 143 cm³/mol. The van der Waals surface area contributed by atoms with Gasteiger partial charge in [-0.25, -0.2) is 0 Å². The Bertz CT molecular complexity index is 1070. The summed E-state index contributed by atoms with van der Waals surface area (Å²) in [6.45, 7) is 2.73. The van der Waals surface area contributed by atoms with Gasteiger partial charge in [0.2, 0.25) is 0 Å². The first kappa shape index (κ1) is 31.3. The van der Waals surface area contributed by atoms with Crippen molar-refractivity contribution in [3.05, 3.63) is 53.9 Å². The number of fused-ring (bicyclic) bond motifs is 1. The standard InChI is InChI=1S/C29H38F5NO3S/c1-27(22-13-16-35-17-14-22)21-38-26-20-23(36)11-12-24(26)25(27)10-7-5-3-2-4-6-8-18-39(37)19-9-15-28(30,31)29(32,33)34/h11-14,16-17,20,25,36H,2-10,15,18-19,21H2,1H3/t25-,27-,39?/m1/s1. The molecule has 0 fully saturated rings. The van der Waals surface area contributed by atoms with Crippen LogP contribution in [0.3, 0.4) is 0 Å². The van der Waals surface area contributed by atoms with Crippen LogP contribution < -0.4 is 4.74 Å². The third kappa shape index (κ3) is 8.63. The minimum absolute atomic E-state index is 0.126. The molecular weight excluding hydrogens is 537 g/mol. The second-order valence-electron chi connectivity index (χ2n) is 10.6. The maximum absolute atomic E-state index is 12.9. The van der Waals surface area contributed by atoms with Gasteiger partial charge in [-0.1, -0.05) is 51.5 Å². The maximum Gasteiger partial charge on any atom is 0.453 e. The molecule has 0 saturated heterocycles. The molecule has 1 aromatic carbocycles. The summed E-state index contributed by atoms with van der Waals surface area (Å²) in [5.41, 5.74) is 2.06. The molecular formula is C29H38F5NO3S. The molecule has 10 heteroatoms. The number of hydrogen-bond acceptors (Lipinski definition) is 4. The zero-order chi connectivity index (χ0) is 28.5. The summed E-state index contributed by atoms with van der Waals surface area (Å²) in [5, 5.41) is 9.91. The fourth-order valence-electron chi connectivity index (χ4n) is 5.29. The Kier molecular flexibility index (Phi) is 11.2. The van der Waals surface area contributed by atoms with E-state index in [4.69, 9.17) is 4.74 Å². The molecule has 0 spiro atoms. The van der Waals surface area contributed by atoms with Gasteiger partial charge >= 0.3 is 12.1 Å². The second kappa shape index (κ2) is 13.9. The van der Waals surface area contributed by atoms with Crippen molar-refractivity contribution in [2.24, 2.45) is 0 Å². The van der Waals surface area contributed by atoms with Crippen LogP contribution in [0.15, 0.2) is 42.7 Å². The molecule has 0 radical (unpaired) electrons. The zero-order valence-electron chi connectivity index (χ0n) is 22.3. The summed E-state index contributed by atoms with van der Waals surface area (Å²) in [6, 6.07) is 9.41. The SMILES string of the molecule is C[C@]1(c2ccncc2)COc2cc(O)ccc2[C@H]1CCCCCCCCCS(=O)CCCC(F)(F)C(F)(F)F. The molecule has 2 aromatic rings. The molecule has 0 saturated carbocycles. The van der Waals surface area contributed by atoms with E-state index in [2.05, 4.69) is 11.9 Å². The minimum Gasteiger partial charge on any atom is -0.508 e. The number of alkyl halides is 5. The summed E-state index contributed by atoms with van der Waals surface area (Å²) in [7, 11) is -1.37. The van der Waals surface area contributed by atoms with Gasteiger partial charge in [0.05, 0.1) is 6.61 Å². The fraction of sp³-hybridized carbons (Fsp3) is 0.621. The number of nitrogens with zero attached hydrogens (tertiary/aromatic N) is 1. The highest BCUT2D eigenvalue weighted by atomic mass is 32.2. The number of halogens is 5. The highest BCUT2D eigenvalue weighted by molar-refractivity contribution is 7.84. The van der Waals surface area contributed by atoms with Crippen molar-refractivity contribution in [3.8, 4) is 11.5 Å². The van der Waals surface area contributed by atoms with Crippen LogP contribution in [0.2, 0.25) is 0 Å². The Morgan fingerprint density at radius 3 is 2.23 bits per heavy atom. The van der Waals surface area contributed by atoms with Gasteiger partial charge in [0, 0.05) is 58.5 Å². The third-order valence-corrected chi connectivity index (χ3v) is 9.14. The smallest absolute Gasteiger partial charge is 0.453 e. The van der Waals surface area contributed by atoms with Crippen LogP contribution in [-0.4, -0.2) is 44.5 Å². The van der Waals surface area contributed by atoms with Gasteiger partial charge < -0.3 is 9.84 Å². The van der Waals surface area contributed by atoms with Crippen LogP contribution in [0.1, 0.15) is 88.2 Å². The van der Waals surface area contributed by atoms with Gasteiger partial charge in [0.25, 0.3) is 0 Å². The first-order chi connectivity index (χ1) is 18.4. The maximum atomic E-state index is 12.9. The largest absolute Gasteiger partial charge is 0.508 e. The van der Waals surface area contributed by atoms with Gasteiger partial charge in [-0.2, -0.15) is 22.0 Å². The zero-order valence-corrected chi connectivity index (χ0v) is 23.1. The van der Waals surface area contributed by atoms with E-state index < -0.39 is 35.7 Å². The first-order valence-electron chi connectivity index (χ1n) is 13.6. The van der Waals surface area contributed by atoms with Crippen LogP contribution in [0.4, 0.5) is 22.0 Å². The molecule has 1 aliphatic rings. The number of ether oxygens (including phenoxy) is 1. The summed E-state index contributed by atoms with van der Waals surface area (Å²) < 4.78 is 80.4. The fourth-order valence-corrected chi connectivity index (χ4v) is 6.49. The number of aromatic hydroxyl groups is 1. The van der Waals surface area contributed by atoms with Crippen LogP contribution >= 0.6 is 0 Å². The molecule has 0 amide bonds. The number of phenolic OH excluding ortho intramolecular Hbond substituents is 1. The number of aromatic nitrogens is 1. The highest BCUT2D eigenvalue weighted by Gasteiger charge is 2.56. The van der Waals surface area contributed by atoms with E-state index in [0.717, 1.165) is 56.3 Å². The van der Waals surface area contributed by atoms with Gasteiger partial charge in [0.1, 0.15) is 11.5 Å². The Labute approximate surface area is 229 Å². The molecule has 3 atom stereocenters. The molecule has 1 aliphatic heterocycles. The van der Waals surface area contributed by atoms with Crippen LogP contribution in [-0.2, 0) is 16.2 Å². The van der Waals surface area contributed by atoms with E-state index >= 15 is 0 Å². The minimum atomic E-state index is -5.55. The van der Waals surface area contributed by atoms with E-state index in [-0.39, 0.29) is 22.8 Å². The lowest BCUT2D eigenvalue weighted by Crippen LogP contribution is -2.40. The first-order valence-corrected chi connectivity index (χ1v) is 15.1. The molecule has 3 rings (SSSR count). The average Bonchev–Trinajstić information content (AvgIpc) is 2.88.